The number of thiazole rings is 1. The maximum atomic E-state index is 13.0. The van der Waals surface area contributed by atoms with E-state index in [9.17, 15) is 22.8 Å². The van der Waals surface area contributed by atoms with E-state index < -0.39 is 23.7 Å². The number of nitrogens with zero attached hydrogens (tertiary/aromatic N) is 1. The molecule has 3 aromatic carbocycles. The lowest BCUT2D eigenvalue weighted by molar-refractivity contribution is -0.137. The van der Waals surface area contributed by atoms with Crippen LogP contribution in [-0.2, 0) is 22.2 Å². The number of anilines is 1. The van der Waals surface area contributed by atoms with Crippen LogP contribution in [0.1, 0.15) is 22.9 Å². The molecule has 0 aliphatic rings. The molecule has 0 saturated heterocycles. The van der Waals surface area contributed by atoms with Crippen LogP contribution in [0.2, 0.25) is 0 Å². The van der Waals surface area contributed by atoms with E-state index in [4.69, 9.17) is 0 Å². The third-order valence-corrected chi connectivity index (χ3v) is 6.03. The number of carbonyl (C=O) groups excluding carboxylic acids is 2. The fourth-order valence-corrected chi connectivity index (χ4v) is 4.21. The average Bonchev–Trinajstić information content (AvgIpc) is 3.31. The number of nitrogens with one attached hydrogen (secondary N) is 2. The number of aromatic nitrogens is 1. The van der Waals surface area contributed by atoms with Crippen molar-refractivity contribution in [2.75, 3.05) is 5.32 Å². The van der Waals surface area contributed by atoms with E-state index in [1.54, 1.807) is 53.9 Å². The van der Waals surface area contributed by atoms with Crippen LogP contribution < -0.4 is 10.6 Å². The Hall–Kier alpha value is -3.98. The number of rotatable bonds is 7. The summed E-state index contributed by atoms with van der Waals surface area (Å²) >= 11 is 1.23. The number of hydrogen-bond donors (Lipinski definition) is 2. The Morgan fingerprint density at radius 3 is 2.14 bits per heavy atom. The summed E-state index contributed by atoms with van der Waals surface area (Å²) in [6.45, 7) is 0. The SMILES string of the molecule is O=C(Cc1csc(-c2ccc(C(F)(F)F)cc2)n1)NC(C(=O)Nc1ccccc1)c1ccccc1. The van der Waals surface area contributed by atoms with E-state index in [1.807, 2.05) is 12.1 Å². The third-order valence-electron chi connectivity index (χ3n) is 5.09. The van der Waals surface area contributed by atoms with Gasteiger partial charge in [0.05, 0.1) is 17.7 Å². The largest absolute Gasteiger partial charge is 0.416 e. The van der Waals surface area contributed by atoms with E-state index >= 15 is 0 Å². The van der Waals surface area contributed by atoms with Crippen LogP contribution in [0.25, 0.3) is 10.6 Å². The van der Waals surface area contributed by atoms with E-state index in [-0.39, 0.29) is 12.3 Å². The fourth-order valence-electron chi connectivity index (χ4n) is 3.38. The second-order valence-corrected chi connectivity index (χ2v) is 8.52. The van der Waals surface area contributed by atoms with Gasteiger partial charge in [0.2, 0.25) is 5.91 Å². The molecule has 1 aromatic heterocycles. The minimum Gasteiger partial charge on any atom is -0.340 e. The van der Waals surface area contributed by atoms with Gasteiger partial charge in [0, 0.05) is 16.6 Å². The molecule has 4 aromatic rings. The van der Waals surface area contributed by atoms with Gasteiger partial charge < -0.3 is 10.6 Å². The molecule has 0 radical (unpaired) electrons. The van der Waals surface area contributed by atoms with Gasteiger partial charge in [-0.15, -0.1) is 11.3 Å². The average molecular weight is 496 g/mol. The summed E-state index contributed by atoms with van der Waals surface area (Å²) in [6.07, 6.45) is -4.49. The van der Waals surface area contributed by atoms with Crippen LogP contribution in [0, 0.1) is 0 Å². The predicted molar refractivity (Wildman–Crippen MR) is 129 cm³/mol. The van der Waals surface area contributed by atoms with Gasteiger partial charge in [0.25, 0.3) is 5.91 Å². The Kier molecular flexibility index (Phi) is 7.26. The van der Waals surface area contributed by atoms with Crippen LogP contribution in [0.3, 0.4) is 0 Å². The first-order valence-electron chi connectivity index (χ1n) is 10.6. The smallest absolute Gasteiger partial charge is 0.340 e. The number of halogens is 3. The Labute approximate surface area is 203 Å². The van der Waals surface area contributed by atoms with Crippen molar-refractivity contribution in [1.82, 2.24) is 10.3 Å². The first kappa shape index (κ1) is 24.2. The van der Waals surface area contributed by atoms with Crippen LogP contribution >= 0.6 is 11.3 Å². The number of carbonyl (C=O) groups is 2. The maximum Gasteiger partial charge on any atom is 0.416 e. The standard InChI is InChI=1S/C26H20F3N3O2S/c27-26(28,29)19-13-11-18(12-14-19)25-31-21(16-35-25)15-22(33)32-23(17-7-3-1-4-8-17)24(34)30-20-9-5-2-6-10-20/h1-14,16,23H,15H2,(H,30,34)(H,32,33). The molecule has 0 saturated carbocycles. The summed E-state index contributed by atoms with van der Waals surface area (Å²) in [5.41, 5.74) is 1.47. The summed E-state index contributed by atoms with van der Waals surface area (Å²) < 4.78 is 38.4. The number of alkyl halides is 3. The summed E-state index contributed by atoms with van der Waals surface area (Å²) in [5.74, 6) is -0.800. The second kappa shape index (κ2) is 10.5. The van der Waals surface area contributed by atoms with Crippen molar-refractivity contribution in [3.63, 3.8) is 0 Å². The molecule has 35 heavy (non-hydrogen) atoms. The van der Waals surface area contributed by atoms with E-state index in [1.165, 1.54) is 23.5 Å². The molecule has 0 spiro atoms. The van der Waals surface area contributed by atoms with Crippen molar-refractivity contribution in [3.8, 4) is 10.6 Å². The normalized spacial score (nSPS) is 12.1. The molecule has 1 atom stereocenters. The van der Waals surface area contributed by atoms with Crippen LogP contribution in [0.15, 0.2) is 90.3 Å². The first-order chi connectivity index (χ1) is 16.8. The second-order valence-electron chi connectivity index (χ2n) is 7.66. The van der Waals surface area contributed by atoms with E-state index in [2.05, 4.69) is 15.6 Å². The Morgan fingerprint density at radius 2 is 1.51 bits per heavy atom. The molecule has 1 heterocycles. The molecule has 9 heteroatoms. The molecule has 0 aliphatic heterocycles. The molecule has 0 bridgehead atoms. The van der Waals surface area contributed by atoms with Crippen molar-refractivity contribution in [1.29, 1.82) is 0 Å². The Bertz CT molecular complexity index is 1290. The zero-order valence-corrected chi connectivity index (χ0v) is 19.1. The summed E-state index contributed by atoms with van der Waals surface area (Å²) in [7, 11) is 0. The topological polar surface area (TPSA) is 71.1 Å². The van der Waals surface area contributed by atoms with Crippen molar-refractivity contribution in [3.05, 3.63) is 107 Å². The number of hydrogen-bond acceptors (Lipinski definition) is 4. The highest BCUT2D eigenvalue weighted by atomic mass is 32.1. The molecule has 178 valence electrons. The highest BCUT2D eigenvalue weighted by Crippen LogP contribution is 2.31. The summed E-state index contributed by atoms with van der Waals surface area (Å²) in [4.78, 5) is 30.2. The Balaban J connectivity index is 1.45. The van der Waals surface area contributed by atoms with Gasteiger partial charge in [-0.25, -0.2) is 4.98 Å². The van der Waals surface area contributed by atoms with Crippen molar-refractivity contribution >= 4 is 28.8 Å². The van der Waals surface area contributed by atoms with Gasteiger partial charge in [-0.05, 0) is 29.8 Å². The molecule has 2 amide bonds. The van der Waals surface area contributed by atoms with E-state index in [0.29, 0.717) is 27.5 Å². The number of amides is 2. The number of para-hydroxylation sites is 1. The molecular weight excluding hydrogens is 475 g/mol. The van der Waals surface area contributed by atoms with Gasteiger partial charge in [-0.1, -0.05) is 60.7 Å². The van der Waals surface area contributed by atoms with Crippen LogP contribution in [0.4, 0.5) is 18.9 Å². The van der Waals surface area contributed by atoms with Gasteiger partial charge in [-0.3, -0.25) is 9.59 Å². The molecular formula is C26H20F3N3O2S. The van der Waals surface area contributed by atoms with Gasteiger partial charge in [-0.2, -0.15) is 13.2 Å². The minimum absolute atomic E-state index is 0.0842. The van der Waals surface area contributed by atoms with Crippen LogP contribution in [0.5, 0.6) is 0 Å². The lowest BCUT2D eigenvalue weighted by Gasteiger charge is -2.19. The molecule has 0 aliphatic carbocycles. The molecule has 4 rings (SSSR count). The molecule has 0 fully saturated rings. The minimum atomic E-state index is -4.41. The molecule has 5 nitrogen and oxygen atoms in total. The highest BCUT2D eigenvalue weighted by Gasteiger charge is 2.30. The summed E-state index contributed by atoms with van der Waals surface area (Å²) in [6, 6.07) is 21.6. The van der Waals surface area contributed by atoms with Gasteiger partial charge in [0.15, 0.2) is 0 Å². The van der Waals surface area contributed by atoms with Gasteiger partial charge >= 0.3 is 6.18 Å². The van der Waals surface area contributed by atoms with Crippen LogP contribution in [-0.4, -0.2) is 16.8 Å². The van der Waals surface area contributed by atoms with Gasteiger partial charge in [0.1, 0.15) is 11.0 Å². The predicted octanol–water partition coefficient (Wildman–Crippen LogP) is 5.87. The monoisotopic (exact) mass is 495 g/mol. The Morgan fingerprint density at radius 1 is 0.886 bits per heavy atom. The van der Waals surface area contributed by atoms with Crippen molar-refractivity contribution in [2.45, 2.75) is 18.6 Å². The molecule has 2 N–H and O–H groups in total. The highest BCUT2D eigenvalue weighted by molar-refractivity contribution is 7.13. The maximum absolute atomic E-state index is 13.0. The first-order valence-corrected chi connectivity index (χ1v) is 11.5. The zero-order valence-electron chi connectivity index (χ0n) is 18.3. The van der Waals surface area contributed by atoms with E-state index in [0.717, 1.165) is 12.1 Å². The van der Waals surface area contributed by atoms with Crippen molar-refractivity contribution in [2.24, 2.45) is 0 Å². The number of benzene rings is 3. The summed E-state index contributed by atoms with van der Waals surface area (Å²) in [5, 5.41) is 7.74. The van der Waals surface area contributed by atoms with Crippen molar-refractivity contribution < 1.29 is 22.8 Å². The fraction of sp³-hybridized carbons (Fsp3) is 0.115. The zero-order chi connectivity index (χ0) is 24.8. The lowest BCUT2D eigenvalue weighted by atomic mass is 10.1. The lowest BCUT2D eigenvalue weighted by Crippen LogP contribution is -2.37. The quantitative estimate of drug-likeness (QED) is 0.337. The molecule has 1 unspecified atom stereocenters. The third kappa shape index (κ3) is 6.33.